The second-order valence-electron chi connectivity index (χ2n) is 3.66. The zero-order valence-corrected chi connectivity index (χ0v) is 9.35. The molecule has 0 spiro atoms. The minimum absolute atomic E-state index is 0.0538. The average Bonchev–Trinajstić information content (AvgIpc) is 2.63. The highest BCUT2D eigenvalue weighted by Gasteiger charge is 2.21. The van der Waals surface area contributed by atoms with Crippen LogP contribution in [0.25, 0.3) is 0 Å². The topological polar surface area (TPSA) is 101 Å². The number of nitrogens with one attached hydrogen (secondary N) is 2. The first-order valence-electron chi connectivity index (χ1n) is 5.00. The van der Waals surface area contributed by atoms with E-state index in [4.69, 9.17) is 5.14 Å². The normalized spacial score (nSPS) is 21.5. The summed E-state index contributed by atoms with van der Waals surface area (Å²) in [5.74, 6) is -0.146. The van der Waals surface area contributed by atoms with E-state index >= 15 is 0 Å². The van der Waals surface area contributed by atoms with Crippen molar-refractivity contribution in [3.63, 3.8) is 0 Å². The van der Waals surface area contributed by atoms with Gasteiger partial charge in [-0.1, -0.05) is 0 Å². The van der Waals surface area contributed by atoms with Gasteiger partial charge >= 0.3 is 0 Å². The third-order valence-electron chi connectivity index (χ3n) is 2.28. The van der Waals surface area contributed by atoms with Gasteiger partial charge in [0.2, 0.25) is 15.9 Å². The Kier molecular flexibility index (Phi) is 4.49. The molecule has 1 unspecified atom stereocenters. The van der Waals surface area contributed by atoms with E-state index in [0.29, 0.717) is 13.0 Å². The summed E-state index contributed by atoms with van der Waals surface area (Å²) in [7, 11) is -3.41. The fourth-order valence-corrected chi connectivity index (χ4v) is 2.06. The summed E-state index contributed by atoms with van der Waals surface area (Å²) in [6.45, 7) is 1.22. The minimum Gasteiger partial charge on any atom is -0.355 e. The average molecular weight is 235 g/mol. The molecule has 88 valence electrons. The first kappa shape index (κ1) is 12.4. The Hall–Kier alpha value is -0.660. The first-order chi connectivity index (χ1) is 6.99. The molecule has 0 aromatic heterocycles. The molecule has 1 heterocycles. The van der Waals surface area contributed by atoms with Crippen LogP contribution in [0.1, 0.15) is 19.3 Å². The van der Waals surface area contributed by atoms with Crippen LogP contribution in [0.5, 0.6) is 0 Å². The van der Waals surface area contributed by atoms with Crippen molar-refractivity contribution < 1.29 is 13.2 Å². The van der Waals surface area contributed by atoms with Crippen LogP contribution in [0.3, 0.4) is 0 Å². The predicted molar refractivity (Wildman–Crippen MR) is 56.6 cm³/mol. The molecule has 0 saturated carbocycles. The van der Waals surface area contributed by atoms with Crippen molar-refractivity contribution in [3.8, 4) is 0 Å². The van der Waals surface area contributed by atoms with Crippen LogP contribution in [0, 0.1) is 0 Å². The lowest BCUT2D eigenvalue weighted by Crippen LogP contribution is -2.41. The van der Waals surface area contributed by atoms with Crippen LogP contribution in [0.15, 0.2) is 0 Å². The molecule has 7 heteroatoms. The minimum atomic E-state index is -3.41. The molecule has 0 aromatic carbocycles. The summed E-state index contributed by atoms with van der Waals surface area (Å²) in [5.41, 5.74) is 0. The number of nitrogens with two attached hydrogens (primary N) is 1. The largest absolute Gasteiger partial charge is 0.355 e. The van der Waals surface area contributed by atoms with Crippen molar-refractivity contribution in [2.24, 2.45) is 5.14 Å². The number of carbonyl (C=O) groups excluding carboxylic acids is 1. The van der Waals surface area contributed by atoms with Crippen molar-refractivity contribution in [2.75, 3.05) is 18.8 Å². The van der Waals surface area contributed by atoms with E-state index in [2.05, 4.69) is 10.6 Å². The van der Waals surface area contributed by atoms with Gasteiger partial charge in [0.25, 0.3) is 0 Å². The number of amides is 1. The van der Waals surface area contributed by atoms with E-state index < -0.39 is 10.0 Å². The maximum atomic E-state index is 11.4. The fourth-order valence-electron chi connectivity index (χ4n) is 1.52. The molecule has 15 heavy (non-hydrogen) atoms. The maximum absolute atomic E-state index is 11.4. The molecule has 1 aliphatic rings. The molecule has 0 bridgehead atoms. The molecule has 1 rings (SSSR count). The molecule has 6 nitrogen and oxygen atoms in total. The highest BCUT2D eigenvalue weighted by atomic mass is 32.2. The molecule has 1 aliphatic heterocycles. The summed E-state index contributed by atoms with van der Waals surface area (Å²) >= 11 is 0. The van der Waals surface area contributed by atoms with Crippen LogP contribution >= 0.6 is 0 Å². The lowest BCUT2D eigenvalue weighted by atomic mass is 10.2. The molecule has 1 saturated heterocycles. The van der Waals surface area contributed by atoms with E-state index in [1.54, 1.807) is 0 Å². The molecule has 1 amide bonds. The van der Waals surface area contributed by atoms with Gasteiger partial charge in [0.1, 0.15) is 0 Å². The van der Waals surface area contributed by atoms with E-state index in [1.807, 2.05) is 0 Å². The lowest BCUT2D eigenvalue weighted by Gasteiger charge is -2.10. The molecule has 0 aromatic rings. The van der Waals surface area contributed by atoms with Crippen LogP contribution < -0.4 is 15.8 Å². The molecular formula is C8H17N3O3S. The van der Waals surface area contributed by atoms with Crippen LogP contribution in [0.4, 0.5) is 0 Å². The number of sulfonamides is 1. The summed E-state index contributed by atoms with van der Waals surface area (Å²) < 4.78 is 21.2. The van der Waals surface area contributed by atoms with Gasteiger partial charge in [0.05, 0.1) is 11.8 Å². The number of primary sulfonamides is 1. The Bertz CT molecular complexity index is 309. The molecule has 4 N–H and O–H groups in total. The van der Waals surface area contributed by atoms with Crippen LogP contribution in [0.2, 0.25) is 0 Å². The molecule has 0 radical (unpaired) electrons. The predicted octanol–water partition coefficient (Wildman–Crippen LogP) is -1.47. The van der Waals surface area contributed by atoms with E-state index in [9.17, 15) is 13.2 Å². The second-order valence-corrected chi connectivity index (χ2v) is 5.39. The monoisotopic (exact) mass is 235 g/mol. The van der Waals surface area contributed by atoms with Crippen molar-refractivity contribution in [1.29, 1.82) is 0 Å². The standard InChI is InChI=1S/C8H17N3O3S/c9-15(13,14)6-2-5-11-8(12)7-3-1-4-10-7/h7,10H,1-6H2,(H,11,12)(H2,9,13,14). The zero-order chi connectivity index (χ0) is 11.3. The van der Waals surface area contributed by atoms with E-state index in [0.717, 1.165) is 19.4 Å². The maximum Gasteiger partial charge on any atom is 0.237 e. The quantitative estimate of drug-likeness (QED) is 0.506. The molecule has 1 atom stereocenters. The number of rotatable bonds is 5. The summed E-state index contributed by atoms with van der Waals surface area (Å²) in [4.78, 5) is 11.4. The van der Waals surface area contributed by atoms with Gasteiger partial charge < -0.3 is 10.6 Å². The summed E-state index contributed by atoms with van der Waals surface area (Å²) in [5, 5.41) is 10.6. The highest BCUT2D eigenvalue weighted by molar-refractivity contribution is 7.89. The number of carbonyl (C=O) groups is 1. The van der Waals surface area contributed by atoms with Crippen molar-refractivity contribution in [1.82, 2.24) is 10.6 Å². The second kappa shape index (κ2) is 5.43. The van der Waals surface area contributed by atoms with Crippen LogP contribution in [-0.2, 0) is 14.8 Å². The Morgan fingerprint density at radius 1 is 1.53 bits per heavy atom. The van der Waals surface area contributed by atoms with E-state index in [1.165, 1.54) is 0 Å². The Morgan fingerprint density at radius 2 is 2.27 bits per heavy atom. The van der Waals surface area contributed by atoms with Gasteiger partial charge in [-0.3, -0.25) is 4.79 Å². The zero-order valence-electron chi connectivity index (χ0n) is 8.53. The summed E-state index contributed by atoms with van der Waals surface area (Å²) in [6.07, 6.45) is 2.22. The Labute approximate surface area is 89.6 Å². The molecular weight excluding hydrogens is 218 g/mol. The van der Waals surface area contributed by atoms with Gasteiger partial charge in [-0.05, 0) is 25.8 Å². The molecule has 1 fully saturated rings. The van der Waals surface area contributed by atoms with Gasteiger partial charge in [0, 0.05) is 6.54 Å². The van der Waals surface area contributed by atoms with Gasteiger partial charge in [-0.15, -0.1) is 0 Å². The smallest absolute Gasteiger partial charge is 0.237 e. The van der Waals surface area contributed by atoms with Crippen molar-refractivity contribution in [2.45, 2.75) is 25.3 Å². The van der Waals surface area contributed by atoms with Crippen molar-refractivity contribution >= 4 is 15.9 Å². The Morgan fingerprint density at radius 3 is 2.80 bits per heavy atom. The Balaban J connectivity index is 2.12. The number of hydrogen-bond acceptors (Lipinski definition) is 4. The third kappa shape index (κ3) is 5.10. The van der Waals surface area contributed by atoms with Crippen LogP contribution in [-0.4, -0.2) is 39.2 Å². The SMILES string of the molecule is NS(=O)(=O)CCCNC(=O)C1CCCN1. The van der Waals surface area contributed by atoms with E-state index in [-0.39, 0.29) is 17.7 Å². The summed E-state index contributed by atoms with van der Waals surface area (Å²) in [6, 6.07) is -0.112. The third-order valence-corrected chi connectivity index (χ3v) is 3.14. The first-order valence-corrected chi connectivity index (χ1v) is 6.72. The fraction of sp³-hybridized carbons (Fsp3) is 0.875. The molecule has 0 aliphatic carbocycles. The van der Waals surface area contributed by atoms with Gasteiger partial charge in [-0.25, -0.2) is 13.6 Å². The van der Waals surface area contributed by atoms with Gasteiger partial charge in [-0.2, -0.15) is 0 Å². The highest BCUT2D eigenvalue weighted by Crippen LogP contribution is 2.04. The lowest BCUT2D eigenvalue weighted by molar-refractivity contribution is -0.122. The van der Waals surface area contributed by atoms with Gasteiger partial charge in [0.15, 0.2) is 0 Å². The number of hydrogen-bond donors (Lipinski definition) is 3. The van der Waals surface area contributed by atoms with Crippen molar-refractivity contribution in [3.05, 3.63) is 0 Å².